The van der Waals surface area contributed by atoms with Crippen LogP contribution in [0.3, 0.4) is 0 Å². The zero-order valence-corrected chi connectivity index (χ0v) is 9.56. The van der Waals surface area contributed by atoms with E-state index in [1.807, 2.05) is 0 Å². The number of ether oxygens (including phenoxy) is 1. The van der Waals surface area contributed by atoms with Crippen LogP contribution in [0.15, 0.2) is 18.2 Å². The first-order valence-electron chi connectivity index (χ1n) is 5.49. The van der Waals surface area contributed by atoms with Gasteiger partial charge in [0, 0.05) is 18.7 Å². The van der Waals surface area contributed by atoms with Gasteiger partial charge in [-0.25, -0.2) is 9.18 Å². The molecule has 1 aromatic rings. The molecule has 0 spiro atoms. The van der Waals surface area contributed by atoms with Gasteiger partial charge >= 0.3 is 5.97 Å². The van der Waals surface area contributed by atoms with Crippen molar-refractivity contribution in [2.75, 3.05) is 26.3 Å². The number of hydrogen-bond donors (Lipinski definition) is 1. The molecule has 96 valence electrons. The zero-order valence-electron chi connectivity index (χ0n) is 9.56. The Morgan fingerprint density at radius 1 is 1.28 bits per heavy atom. The van der Waals surface area contributed by atoms with Crippen LogP contribution in [0.5, 0.6) is 0 Å². The van der Waals surface area contributed by atoms with E-state index in [1.54, 1.807) is 4.90 Å². The molecule has 1 heterocycles. The van der Waals surface area contributed by atoms with Crippen molar-refractivity contribution in [3.63, 3.8) is 0 Å². The maximum absolute atomic E-state index is 13.5. The Morgan fingerprint density at radius 2 is 1.94 bits per heavy atom. The summed E-state index contributed by atoms with van der Waals surface area (Å²) >= 11 is 0. The zero-order chi connectivity index (χ0) is 13.1. The van der Waals surface area contributed by atoms with Gasteiger partial charge in [-0.05, 0) is 18.2 Å². The second-order valence-corrected chi connectivity index (χ2v) is 3.90. The van der Waals surface area contributed by atoms with Crippen LogP contribution in [-0.2, 0) is 4.74 Å². The van der Waals surface area contributed by atoms with Gasteiger partial charge in [0.25, 0.3) is 5.91 Å². The van der Waals surface area contributed by atoms with Crippen molar-refractivity contribution in [3.8, 4) is 0 Å². The highest BCUT2D eigenvalue weighted by Crippen LogP contribution is 2.13. The molecule has 5 nitrogen and oxygen atoms in total. The standard InChI is InChI=1S/C12H12FNO4/c13-10-7-8(1-2-9(10)12(16)17)11(15)14-3-5-18-6-4-14/h1-2,7H,3-6H2,(H,16,17). The third-order valence-corrected chi connectivity index (χ3v) is 2.74. The molecule has 1 saturated heterocycles. The highest BCUT2D eigenvalue weighted by Gasteiger charge is 2.20. The number of benzene rings is 1. The Kier molecular flexibility index (Phi) is 3.57. The van der Waals surface area contributed by atoms with E-state index in [4.69, 9.17) is 9.84 Å². The highest BCUT2D eigenvalue weighted by molar-refractivity contribution is 5.96. The fourth-order valence-electron chi connectivity index (χ4n) is 1.77. The van der Waals surface area contributed by atoms with Gasteiger partial charge in [-0.2, -0.15) is 0 Å². The van der Waals surface area contributed by atoms with Crippen LogP contribution in [-0.4, -0.2) is 48.2 Å². The number of carbonyl (C=O) groups is 2. The molecule has 1 aliphatic rings. The molecule has 0 aromatic heterocycles. The number of aromatic carboxylic acids is 1. The van der Waals surface area contributed by atoms with E-state index in [-0.39, 0.29) is 11.5 Å². The molecule has 1 aliphatic heterocycles. The molecule has 0 aliphatic carbocycles. The van der Waals surface area contributed by atoms with Crippen LogP contribution in [0.2, 0.25) is 0 Å². The average Bonchev–Trinajstić information content (AvgIpc) is 2.38. The van der Waals surface area contributed by atoms with Gasteiger partial charge in [-0.15, -0.1) is 0 Å². The van der Waals surface area contributed by atoms with Gasteiger partial charge in [0.05, 0.1) is 18.8 Å². The number of morpholine rings is 1. The van der Waals surface area contributed by atoms with Gasteiger partial charge in [0.2, 0.25) is 0 Å². The van der Waals surface area contributed by atoms with E-state index in [9.17, 15) is 14.0 Å². The third kappa shape index (κ3) is 2.48. The average molecular weight is 253 g/mol. The van der Waals surface area contributed by atoms with E-state index < -0.39 is 17.3 Å². The smallest absolute Gasteiger partial charge is 0.338 e. The van der Waals surface area contributed by atoms with E-state index in [1.165, 1.54) is 6.07 Å². The number of carboxylic acid groups (broad SMARTS) is 1. The van der Waals surface area contributed by atoms with Crippen molar-refractivity contribution in [3.05, 3.63) is 35.1 Å². The van der Waals surface area contributed by atoms with Crippen molar-refractivity contribution in [2.45, 2.75) is 0 Å². The number of nitrogens with zero attached hydrogens (tertiary/aromatic N) is 1. The minimum absolute atomic E-state index is 0.152. The van der Waals surface area contributed by atoms with Gasteiger partial charge < -0.3 is 14.7 Å². The highest BCUT2D eigenvalue weighted by atomic mass is 19.1. The number of halogens is 1. The minimum atomic E-state index is -1.35. The number of carboxylic acids is 1. The van der Waals surface area contributed by atoms with Crippen LogP contribution in [0.4, 0.5) is 4.39 Å². The lowest BCUT2D eigenvalue weighted by atomic mass is 10.1. The number of carbonyl (C=O) groups excluding carboxylic acids is 1. The van der Waals surface area contributed by atoms with E-state index in [2.05, 4.69) is 0 Å². The summed E-state index contributed by atoms with van der Waals surface area (Å²) in [7, 11) is 0. The van der Waals surface area contributed by atoms with Crippen molar-refractivity contribution in [2.24, 2.45) is 0 Å². The molecule has 1 fully saturated rings. The predicted octanol–water partition coefficient (Wildman–Crippen LogP) is 0.996. The van der Waals surface area contributed by atoms with E-state index in [0.29, 0.717) is 26.3 Å². The summed E-state index contributed by atoms with van der Waals surface area (Å²) < 4.78 is 18.6. The lowest BCUT2D eigenvalue weighted by Crippen LogP contribution is -2.40. The Labute approximate surface area is 103 Å². The van der Waals surface area contributed by atoms with Crippen LogP contribution >= 0.6 is 0 Å². The maximum atomic E-state index is 13.5. The molecule has 1 N–H and O–H groups in total. The summed E-state index contributed by atoms with van der Waals surface area (Å²) in [5.41, 5.74) is -0.284. The van der Waals surface area contributed by atoms with Gasteiger partial charge in [0.1, 0.15) is 5.82 Å². The largest absolute Gasteiger partial charge is 0.478 e. The first-order valence-corrected chi connectivity index (χ1v) is 5.49. The second kappa shape index (κ2) is 5.14. The number of rotatable bonds is 2. The van der Waals surface area contributed by atoms with E-state index >= 15 is 0 Å². The summed E-state index contributed by atoms with van der Waals surface area (Å²) in [5, 5.41) is 8.69. The van der Waals surface area contributed by atoms with E-state index in [0.717, 1.165) is 12.1 Å². The molecule has 1 aromatic carbocycles. The molecule has 18 heavy (non-hydrogen) atoms. The summed E-state index contributed by atoms with van der Waals surface area (Å²) in [4.78, 5) is 24.2. The van der Waals surface area contributed by atoms with Crippen LogP contribution in [0, 0.1) is 5.82 Å². The molecule has 0 atom stereocenters. The van der Waals surface area contributed by atoms with Crippen LogP contribution in [0.25, 0.3) is 0 Å². The predicted molar refractivity (Wildman–Crippen MR) is 60.1 cm³/mol. The minimum Gasteiger partial charge on any atom is -0.478 e. The van der Waals surface area contributed by atoms with Crippen molar-refractivity contribution in [1.82, 2.24) is 4.90 Å². The Hall–Kier alpha value is -1.95. The topological polar surface area (TPSA) is 66.8 Å². The summed E-state index contributed by atoms with van der Waals surface area (Å²) in [6, 6.07) is 3.39. The molecule has 2 rings (SSSR count). The normalized spacial score (nSPS) is 15.5. The Balaban J connectivity index is 2.20. The Morgan fingerprint density at radius 3 is 2.50 bits per heavy atom. The Bertz CT molecular complexity index is 483. The van der Waals surface area contributed by atoms with Gasteiger partial charge in [-0.3, -0.25) is 4.79 Å². The fraction of sp³-hybridized carbons (Fsp3) is 0.333. The molecular formula is C12H12FNO4. The van der Waals surface area contributed by atoms with Crippen molar-refractivity contribution >= 4 is 11.9 Å². The number of amides is 1. The molecule has 0 radical (unpaired) electrons. The second-order valence-electron chi connectivity index (χ2n) is 3.90. The molecule has 0 saturated carbocycles. The monoisotopic (exact) mass is 253 g/mol. The summed E-state index contributed by atoms with van der Waals surface area (Å²) in [6.07, 6.45) is 0. The lowest BCUT2D eigenvalue weighted by molar-refractivity contribution is 0.0302. The van der Waals surface area contributed by atoms with Crippen molar-refractivity contribution < 1.29 is 23.8 Å². The van der Waals surface area contributed by atoms with Gasteiger partial charge in [-0.1, -0.05) is 0 Å². The van der Waals surface area contributed by atoms with Gasteiger partial charge in [0.15, 0.2) is 0 Å². The first kappa shape index (κ1) is 12.5. The summed E-state index contributed by atoms with van der Waals surface area (Å²) in [5.74, 6) is -2.56. The number of hydrogen-bond acceptors (Lipinski definition) is 3. The van der Waals surface area contributed by atoms with Crippen LogP contribution < -0.4 is 0 Å². The van der Waals surface area contributed by atoms with Crippen molar-refractivity contribution in [1.29, 1.82) is 0 Å². The molecule has 1 amide bonds. The fourth-order valence-corrected chi connectivity index (χ4v) is 1.77. The molecule has 6 heteroatoms. The first-order chi connectivity index (χ1) is 8.59. The third-order valence-electron chi connectivity index (χ3n) is 2.74. The maximum Gasteiger partial charge on any atom is 0.338 e. The summed E-state index contributed by atoms with van der Waals surface area (Å²) in [6.45, 7) is 1.84. The molecular weight excluding hydrogens is 241 g/mol. The van der Waals surface area contributed by atoms with Crippen LogP contribution in [0.1, 0.15) is 20.7 Å². The SMILES string of the molecule is O=C(O)c1ccc(C(=O)N2CCOCC2)cc1F. The molecule has 0 bridgehead atoms. The quantitative estimate of drug-likeness (QED) is 0.853. The lowest BCUT2D eigenvalue weighted by Gasteiger charge is -2.26. The molecule has 0 unspecified atom stereocenters.